The van der Waals surface area contributed by atoms with Crippen LogP contribution in [0.25, 0.3) is 5.69 Å². The Morgan fingerprint density at radius 3 is 2.55 bits per heavy atom. The van der Waals surface area contributed by atoms with Gasteiger partial charge in [-0.05, 0) is 36.4 Å². The number of benzene rings is 2. The number of aromatic nitrogens is 3. The highest BCUT2D eigenvalue weighted by Gasteiger charge is 2.19. The molecule has 0 spiro atoms. The van der Waals surface area contributed by atoms with Crippen LogP contribution >= 0.6 is 11.8 Å². The molecule has 3 aromatic rings. The Morgan fingerprint density at radius 1 is 1.10 bits per heavy atom. The number of hydrogen-bond donors (Lipinski definition) is 1. The lowest BCUT2D eigenvalue weighted by Crippen LogP contribution is -2.36. The SMILES string of the molecule is COc1ccc(NC(=O)CSc2nnc(CN3CCOCC3)n2-c2ccccc2)cc1. The average molecular weight is 440 g/mol. The second kappa shape index (κ2) is 10.4. The third kappa shape index (κ3) is 5.63. The number of carbonyl (C=O) groups is 1. The van der Waals surface area contributed by atoms with E-state index in [0.29, 0.717) is 11.7 Å². The highest BCUT2D eigenvalue weighted by Crippen LogP contribution is 2.23. The molecule has 1 aliphatic heterocycles. The topological polar surface area (TPSA) is 81.5 Å². The molecule has 0 saturated carbocycles. The number of hydrogen-bond acceptors (Lipinski definition) is 7. The van der Waals surface area contributed by atoms with Crippen LogP contribution in [-0.4, -0.2) is 64.7 Å². The molecule has 8 nitrogen and oxygen atoms in total. The lowest BCUT2D eigenvalue weighted by Gasteiger charge is -2.26. The van der Waals surface area contributed by atoms with E-state index < -0.39 is 0 Å². The average Bonchev–Trinajstić information content (AvgIpc) is 3.22. The van der Waals surface area contributed by atoms with Crippen LogP contribution in [0.15, 0.2) is 59.8 Å². The first-order chi connectivity index (χ1) is 15.2. The minimum Gasteiger partial charge on any atom is -0.497 e. The smallest absolute Gasteiger partial charge is 0.234 e. The quantitative estimate of drug-likeness (QED) is 0.541. The van der Waals surface area contributed by atoms with Crippen LogP contribution in [-0.2, 0) is 16.1 Å². The van der Waals surface area contributed by atoms with Gasteiger partial charge in [-0.1, -0.05) is 30.0 Å². The van der Waals surface area contributed by atoms with Crippen molar-refractivity contribution in [1.82, 2.24) is 19.7 Å². The summed E-state index contributed by atoms with van der Waals surface area (Å²) in [7, 11) is 1.61. The van der Waals surface area contributed by atoms with E-state index in [-0.39, 0.29) is 11.7 Å². The van der Waals surface area contributed by atoms with Crippen LogP contribution < -0.4 is 10.1 Å². The first-order valence-corrected chi connectivity index (χ1v) is 11.1. The van der Waals surface area contributed by atoms with Crippen molar-refractivity contribution in [1.29, 1.82) is 0 Å². The van der Waals surface area contributed by atoms with Gasteiger partial charge in [0.05, 0.1) is 32.6 Å². The van der Waals surface area contributed by atoms with Crippen molar-refractivity contribution in [2.24, 2.45) is 0 Å². The Balaban J connectivity index is 1.46. The maximum Gasteiger partial charge on any atom is 0.234 e. The standard InChI is InChI=1S/C22H25N5O3S/c1-29-19-9-7-17(8-10-19)23-21(28)16-31-22-25-24-20(15-26-11-13-30-14-12-26)27(22)18-5-3-2-4-6-18/h2-10H,11-16H2,1H3,(H,23,28). The van der Waals surface area contributed by atoms with E-state index in [1.54, 1.807) is 7.11 Å². The number of amides is 1. The third-order valence-electron chi connectivity index (χ3n) is 4.89. The van der Waals surface area contributed by atoms with Gasteiger partial charge in [0.2, 0.25) is 5.91 Å². The summed E-state index contributed by atoms with van der Waals surface area (Å²) in [5.41, 5.74) is 1.71. The fraction of sp³-hybridized carbons (Fsp3) is 0.318. The fourth-order valence-electron chi connectivity index (χ4n) is 3.29. The molecule has 0 unspecified atom stereocenters. The zero-order valence-electron chi connectivity index (χ0n) is 17.4. The van der Waals surface area contributed by atoms with Crippen molar-refractivity contribution in [3.8, 4) is 11.4 Å². The van der Waals surface area contributed by atoms with Gasteiger partial charge in [0.15, 0.2) is 11.0 Å². The van der Waals surface area contributed by atoms with Gasteiger partial charge in [-0.2, -0.15) is 0 Å². The number of ether oxygens (including phenoxy) is 2. The van der Waals surface area contributed by atoms with Crippen LogP contribution in [0.5, 0.6) is 5.75 Å². The number of rotatable bonds is 8. The van der Waals surface area contributed by atoms with Crippen LogP contribution in [0.3, 0.4) is 0 Å². The molecule has 1 aromatic heterocycles. The number of carbonyl (C=O) groups excluding carboxylic acids is 1. The molecule has 2 aromatic carbocycles. The first kappa shape index (κ1) is 21.4. The fourth-order valence-corrected chi connectivity index (χ4v) is 4.06. The number of nitrogens with zero attached hydrogens (tertiary/aromatic N) is 4. The van der Waals surface area contributed by atoms with E-state index in [1.165, 1.54) is 11.8 Å². The summed E-state index contributed by atoms with van der Waals surface area (Å²) in [6, 6.07) is 17.2. The van der Waals surface area contributed by atoms with E-state index in [2.05, 4.69) is 20.4 Å². The molecule has 31 heavy (non-hydrogen) atoms. The van der Waals surface area contributed by atoms with Gasteiger partial charge in [-0.3, -0.25) is 14.3 Å². The molecule has 0 bridgehead atoms. The van der Waals surface area contributed by atoms with E-state index in [9.17, 15) is 4.79 Å². The van der Waals surface area contributed by atoms with E-state index >= 15 is 0 Å². The van der Waals surface area contributed by atoms with Gasteiger partial charge in [0.1, 0.15) is 5.75 Å². The molecule has 0 atom stereocenters. The molecule has 0 aliphatic carbocycles. The van der Waals surface area contributed by atoms with Gasteiger partial charge < -0.3 is 14.8 Å². The molecule has 1 fully saturated rings. The van der Waals surface area contributed by atoms with Gasteiger partial charge >= 0.3 is 0 Å². The Morgan fingerprint density at radius 2 is 1.84 bits per heavy atom. The van der Waals surface area contributed by atoms with Crippen molar-refractivity contribution in [2.75, 3.05) is 44.5 Å². The summed E-state index contributed by atoms with van der Waals surface area (Å²) in [6.07, 6.45) is 0. The third-order valence-corrected chi connectivity index (χ3v) is 5.82. The van der Waals surface area contributed by atoms with Crippen molar-refractivity contribution in [3.05, 3.63) is 60.4 Å². The van der Waals surface area contributed by atoms with Crippen molar-refractivity contribution >= 4 is 23.4 Å². The highest BCUT2D eigenvalue weighted by atomic mass is 32.2. The maximum absolute atomic E-state index is 12.5. The molecule has 2 heterocycles. The minimum absolute atomic E-state index is 0.104. The van der Waals surface area contributed by atoms with Crippen molar-refractivity contribution in [3.63, 3.8) is 0 Å². The lowest BCUT2D eigenvalue weighted by atomic mass is 10.3. The summed E-state index contributed by atoms with van der Waals surface area (Å²) in [5.74, 6) is 1.73. The molecule has 0 radical (unpaired) electrons. The Labute approximate surface area is 185 Å². The van der Waals surface area contributed by atoms with Crippen LogP contribution in [0, 0.1) is 0 Å². The molecule has 1 N–H and O–H groups in total. The Kier molecular flexibility index (Phi) is 7.18. The molecule has 1 aliphatic rings. The second-order valence-corrected chi connectivity index (χ2v) is 7.97. The van der Waals surface area contributed by atoms with Gasteiger partial charge in [0.25, 0.3) is 0 Å². The minimum atomic E-state index is -0.104. The molecule has 1 amide bonds. The summed E-state index contributed by atoms with van der Waals surface area (Å²) in [4.78, 5) is 14.8. The van der Waals surface area contributed by atoms with E-state index in [1.807, 2.05) is 59.2 Å². The molecule has 162 valence electrons. The Bertz CT molecular complexity index is 988. The van der Waals surface area contributed by atoms with Crippen molar-refractivity contribution in [2.45, 2.75) is 11.7 Å². The first-order valence-electron chi connectivity index (χ1n) is 10.1. The summed E-state index contributed by atoms with van der Waals surface area (Å²) in [5, 5.41) is 12.4. The lowest BCUT2D eigenvalue weighted by molar-refractivity contribution is -0.113. The monoisotopic (exact) mass is 439 g/mol. The van der Waals surface area contributed by atoms with Crippen LogP contribution in [0.1, 0.15) is 5.82 Å². The number of para-hydroxylation sites is 1. The van der Waals surface area contributed by atoms with Crippen LogP contribution in [0.2, 0.25) is 0 Å². The van der Waals surface area contributed by atoms with Gasteiger partial charge in [0, 0.05) is 24.5 Å². The molecular formula is C22H25N5O3S. The predicted octanol–water partition coefficient (Wildman–Crippen LogP) is 2.84. The molecular weight excluding hydrogens is 414 g/mol. The van der Waals surface area contributed by atoms with E-state index in [4.69, 9.17) is 9.47 Å². The summed E-state index contributed by atoms with van der Waals surface area (Å²) in [6.45, 7) is 3.88. The second-order valence-electron chi connectivity index (χ2n) is 7.02. The molecule has 9 heteroatoms. The number of methoxy groups -OCH3 is 1. The largest absolute Gasteiger partial charge is 0.497 e. The molecule has 1 saturated heterocycles. The summed E-state index contributed by atoms with van der Waals surface area (Å²) < 4.78 is 12.6. The van der Waals surface area contributed by atoms with Crippen molar-refractivity contribution < 1.29 is 14.3 Å². The summed E-state index contributed by atoms with van der Waals surface area (Å²) >= 11 is 1.37. The zero-order chi connectivity index (χ0) is 21.5. The Hall–Kier alpha value is -2.88. The van der Waals surface area contributed by atoms with E-state index in [0.717, 1.165) is 49.3 Å². The zero-order valence-corrected chi connectivity index (χ0v) is 18.2. The maximum atomic E-state index is 12.5. The number of anilines is 1. The predicted molar refractivity (Wildman–Crippen MR) is 120 cm³/mol. The van der Waals surface area contributed by atoms with Gasteiger partial charge in [-0.25, -0.2) is 0 Å². The number of nitrogens with one attached hydrogen (secondary N) is 1. The number of thioether (sulfide) groups is 1. The normalized spacial score (nSPS) is 14.4. The van der Waals surface area contributed by atoms with Gasteiger partial charge in [-0.15, -0.1) is 10.2 Å². The highest BCUT2D eigenvalue weighted by molar-refractivity contribution is 7.99. The van der Waals surface area contributed by atoms with Crippen LogP contribution in [0.4, 0.5) is 5.69 Å². The number of morpholine rings is 1. The molecule has 4 rings (SSSR count).